The van der Waals surface area contributed by atoms with Crippen molar-refractivity contribution in [2.45, 2.75) is 31.7 Å². The summed E-state index contributed by atoms with van der Waals surface area (Å²) in [6, 6.07) is 11.0. The number of aromatic amines is 1. The van der Waals surface area contributed by atoms with Gasteiger partial charge in [0.15, 0.2) is 5.82 Å². The quantitative estimate of drug-likeness (QED) is 0.303. The van der Waals surface area contributed by atoms with Crippen molar-refractivity contribution in [1.29, 1.82) is 0 Å². The smallest absolute Gasteiger partial charge is 0.308 e. The number of carbonyl (C=O) groups is 1. The Labute approximate surface area is 211 Å². The SMILES string of the molecule is COc1ccc(-c2cc(NC3C4CCC(CC4)C3C(=O)O)nc(-c3c[nH]c4c(F)cc(F)cc34)n2)cc1. The summed E-state index contributed by atoms with van der Waals surface area (Å²) in [5, 5.41) is 13.8. The predicted molar refractivity (Wildman–Crippen MR) is 135 cm³/mol. The first-order valence-electron chi connectivity index (χ1n) is 12.4. The first-order valence-corrected chi connectivity index (χ1v) is 12.4. The number of nitrogens with one attached hydrogen (secondary N) is 2. The van der Waals surface area contributed by atoms with Gasteiger partial charge in [0.05, 0.1) is 24.2 Å². The minimum absolute atomic E-state index is 0.141. The number of H-pyrrole nitrogens is 1. The summed E-state index contributed by atoms with van der Waals surface area (Å²) in [6.07, 6.45) is 5.39. The predicted octanol–water partition coefficient (Wildman–Crippen LogP) is 5.88. The van der Waals surface area contributed by atoms with Crippen LogP contribution < -0.4 is 10.1 Å². The molecule has 3 N–H and O–H groups in total. The molecule has 3 aliphatic carbocycles. The molecule has 3 fully saturated rings. The number of hydrogen-bond acceptors (Lipinski definition) is 5. The van der Waals surface area contributed by atoms with E-state index < -0.39 is 23.5 Å². The Bertz CT molecular complexity index is 1480. The first kappa shape index (κ1) is 23.4. The molecule has 0 amide bonds. The Kier molecular flexibility index (Phi) is 5.78. The van der Waals surface area contributed by atoms with Crippen molar-refractivity contribution in [2.75, 3.05) is 12.4 Å². The second kappa shape index (κ2) is 9.14. The fraction of sp³-hybridized carbons (Fsp3) is 0.321. The van der Waals surface area contributed by atoms with Crippen LogP contribution in [0.4, 0.5) is 14.6 Å². The van der Waals surface area contributed by atoms with Gasteiger partial charge < -0.3 is 20.1 Å². The number of aliphatic carboxylic acids is 1. The average molecular weight is 505 g/mol. The summed E-state index contributed by atoms with van der Waals surface area (Å²) >= 11 is 0. The summed E-state index contributed by atoms with van der Waals surface area (Å²) in [4.78, 5) is 24.5. The van der Waals surface area contributed by atoms with E-state index in [1.807, 2.05) is 24.3 Å². The minimum atomic E-state index is -0.792. The first-order chi connectivity index (χ1) is 17.9. The number of carboxylic acid groups (broad SMARTS) is 1. The van der Waals surface area contributed by atoms with Crippen LogP contribution in [0.25, 0.3) is 33.5 Å². The van der Waals surface area contributed by atoms with Crippen LogP contribution in [0, 0.1) is 29.4 Å². The number of methoxy groups -OCH3 is 1. The normalized spacial score (nSPS) is 22.8. The molecule has 3 saturated carbocycles. The second-order valence-corrected chi connectivity index (χ2v) is 9.91. The maximum atomic E-state index is 14.4. The van der Waals surface area contributed by atoms with Crippen LogP contribution in [0.1, 0.15) is 25.7 Å². The molecule has 4 aromatic rings. The van der Waals surface area contributed by atoms with E-state index in [-0.39, 0.29) is 29.2 Å². The fourth-order valence-corrected chi connectivity index (χ4v) is 6.07. The van der Waals surface area contributed by atoms with Crippen LogP contribution in [0.5, 0.6) is 5.75 Å². The van der Waals surface area contributed by atoms with E-state index in [1.165, 1.54) is 6.07 Å². The second-order valence-electron chi connectivity index (χ2n) is 9.91. The summed E-state index contributed by atoms with van der Waals surface area (Å²) < 4.78 is 33.8. The van der Waals surface area contributed by atoms with Gasteiger partial charge in [-0.15, -0.1) is 0 Å². The molecule has 0 saturated heterocycles. The van der Waals surface area contributed by atoms with Gasteiger partial charge in [0, 0.05) is 40.9 Å². The number of nitrogens with zero attached hydrogens (tertiary/aromatic N) is 2. The van der Waals surface area contributed by atoms with Gasteiger partial charge in [-0.1, -0.05) is 0 Å². The number of aromatic nitrogens is 3. The molecule has 0 radical (unpaired) electrons. The standard InChI is InChI=1S/C28H26F2N4O3/c1-37-18-8-6-14(7-9-18)22-12-23(33-25-16-4-2-15(3-5-16)24(25)28(35)36)34-27(32-22)20-13-31-26-19(20)10-17(29)11-21(26)30/h6-13,15-16,24-25,31H,2-5H2,1H3,(H,35,36)(H,32,33,34). The molecule has 37 heavy (non-hydrogen) atoms. The Balaban J connectivity index is 1.47. The Morgan fingerprint density at radius 1 is 1.05 bits per heavy atom. The highest BCUT2D eigenvalue weighted by molar-refractivity contribution is 5.94. The fourth-order valence-electron chi connectivity index (χ4n) is 6.07. The highest BCUT2D eigenvalue weighted by atomic mass is 19.1. The highest BCUT2D eigenvalue weighted by Gasteiger charge is 2.47. The van der Waals surface area contributed by atoms with Crippen molar-refractivity contribution >= 4 is 22.7 Å². The van der Waals surface area contributed by atoms with Gasteiger partial charge in [-0.05, 0) is 67.9 Å². The van der Waals surface area contributed by atoms with Crippen LogP contribution >= 0.6 is 0 Å². The third kappa shape index (κ3) is 4.18. The highest BCUT2D eigenvalue weighted by Crippen LogP contribution is 2.46. The number of rotatable bonds is 6. The van der Waals surface area contributed by atoms with Crippen LogP contribution in [-0.2, 0) is 4.79 Å². The number of halogens is 2. The van der Waals surface area contributed by atoms with Crippen LogP contribution in [0.15, 0.2) is 48.7 Å². The van der Waals surface area contributed by atoms with Crippen LogP contribution in [0.3, 0.4) is 0 Å². The molecular weight excluding hydrogens is 478 g/mol. The number of hydrogen-bond donors (Lipinski definition) is 3. The molecular formula is C28H26F2N4O3. The maximum absolute atomic E-state index is 14.4. The Morgan fingerprint density at radius 2 is 1.78 bits per heavy atom. The van der Waals surface area contributed by atoms with Crippen molar-refractivity contribution < 1.29 is 23.4 Å². The van der Waals surface area contributed by atoms with Gasteiger partial charge in [0.2, 0.25) is 0 Å². The summed E-state index contributed by atoms with van der Waals surface area (Å²) in [7, 11) is 1.59. The molecule has 9 heteroatoms. The topological polar surface area (TPSA) is 100 Å². The lowest BCUT2D eigenvalue weighted by atomic mass is 9.61. The van der Waals surface area contributed by atoms with Crippen molar-refractivity contribution in [3.05, 3.63) is 60.3 Å². The van der Waals surface area contributed by atoms with Crippen LogP contribution in [0.2, 0.25) is 0 Å². The molecule has 2 unspecified atom stereocenters. The molecule has 2 atom stereocenters. The van der Waals surface area contributed by atoms with Crippen molar-refractivity contribution in [3.63, 3.8) is 0 Å². The van der Waals surface area contributed by atoms with Gasteiger partial charge >= 0.3 is 5.97 Å². The van der Waals surface area contributed by atoms with E-state index in [1.54, 1.807) is 19.4 Å². The number of fused-ring (bicyclic) bond motifs is 4. The average Bonchev–Trinajstić information content (AvgIpc) is 3.33. The molecule has 3 aliphatic rings. The number of carboxylic acids is 1. The van der Waals surface area contributed by atoms with Crippen molar-refractivity contribution in [2.24, 2.45) is 17.8 Å². The number of ether oxygens (including phenoxy) is 1. The van der Waals surface area contributed by atoms with E-state index in [2.05, 4.69) is 10.3 Å². The zero-order chi connectivity index (χ0) is 25.7. The lowest BCUT2D eigenvalue weighted by Crippen LogP contribution is -2.51. The lowest BCUT2D eigenvalue weighted by Gasteiger charge is -2.47. The molecule has 0 aliphatic heterocycles. The van der Waals surface area contributed by atoms with E-state index in [9.17, 15) is 18.7 Å². The third-order valence-corrected chi connectivity index (χ3v) is 7.88. The molecule has 2 aromatic heterocycles. The van der Waals surface area contributed by atoms with Gasteiger partial charge in [0.1, 0.15) is 23.2 Å². The zero-order valence-corrected chi connectivity index (χ0v) is 20.2. The Morgan fingerprint density at radius 3 is 2.49 bits per heavy atom. The van der Waals surface area contributed by atoms with Crippen molar-refractivity contribution in [1.82, 2.24) is 15.0 Å². The maximum Gasteiger partial charge on any atom is 0.308 e. The van der Waals surface area contributed by atoms with E-state index >= 15 is 0 Å². The minimum Gasteiger partial charge on any atom is -0.497 e. The number of benzene rings is 2. The zero-order valence-electron chi connectivity index (χ0n) is 20.2. The molecule has 190 valence electrons. The van der Waals surface area contributed by atoms with Gasteiger partial charge in [-0.25, -0.2) is 18.7 Å². The molecule has 2 bridgehead atoms. The molecule has 2 heterocycles. The van der Waals surface area contributed by atoms with Crippen LogP contribution in [-0.4, -0.2) is 39.2 Å². The molecule has 7 rings (SSSR count). The van der Waals surface area contributed by atoms with Crippen molar-refractivity contribution in [3.8, 4) is 28.4 Å². The molecule has 0 spiro atoms. The summed E-state index contributed by atoms with van der Waals surface area (Å²) in [6.45, 7) is 0. The summed E-state index contributed by atoms with van der Waals surface area (Å²) in [5.41, 5.74) is 2.01. The molecule has 2 aromatic carbocycles. The monoisotopic (exact) mass is 504 g/mol. The number of anilines is 1. The lowest BCUT2D eigenvalue weighted by molar-refractivity contribution is -0.148. The Hall–Kier alpha value is -4.01. The van der Waals surface area contributed by atoms with Gasteiger partial charge in [-0.2, -0.15) is 0 Å². The van der Waals surface area contributed by atoms with E-state index in [0.717, 1.165) is 37.3 Å². The van der Waals surface area contributed by atoms with Gasteiger partial charge in [0.25, 0.3) is 0 Å². The van der Waals surface area contributed by atoms with Gasteiger partial charge in [-0.3, -0.25) is 4.79 Å². The summed E-state index contributed by atoms with van der Waals surface area (Å²) in [5.74, 6) is -0.850. The molecule has 7 nitrogen and oxygen atoms in total. The van der Waals surface area contributed by atoms with E-state index in [4.69, 9.17) is 14.7 Å². The largest absolute Gasteiger partial charge is 0.497 e. The van der Waals surface area contributed by atoms with E-state index in [0.29, 0.717) is 28.2 Å². The third-order valence-electron chi connectivity index (χ3n) is 7.88.